The van der Waals surface area contributed by atoms with Gasteiger partial charge in [0.1, 0.15) is 5.75 Å². The number of carbonyl (C=O) groups is 2. The van der Waals surface area contributed by atoms with E-state index >= 15 is 0 Å². The fraction of sp³-hybridized carbons (Fsp3) is 0.417. The van der Waals surface area contributed by atoms with Crippen LogP contribution >= 0.6 is 0 Å². The fourth-order valence-corrected chi connectivity index (χ4v) is 3.52. The highest BCUT2D eigenvalue weighted by molar-refractivity contribution is 6.35. The predicted octanol–water partition coefficient (Wildman–Crippen LogP) is 1.81. The Kier molecular flexibility index (Phi) is 8.29. The van der Waals surface area contributed by atoms with Crippen LogP contribution in [0.2, 0.25) is 0 Å². The Bertz CT molecular complexity index is 844. The molecule has 0 aromatic heterocycles. The van der Waals surface area contributed by atoms with Crippen molar-refractivity contribution < 1.29 is 14.3 Å². The molecule has 0 unspecified atom stereocenters. The number of hydrogen-bond acceptors (Lipinski definition) is 5. The second kappa shape index (κ2) is 11.4. The molecule has 1 heterocycles. The van der Waals surface area contributed by atoms with Gasteiger partial charge in [0.25, 0.3) is 0 Å². The van der Waals surface area contributed by atoms with Crippen LogP contribution in [0.15, 0.2) is 48.5 Å². The Morgan fingerprint density at radius 1 is 0.871 bits per heavy atom. The van der Waals surface area contributed by atoms with E-state index in [1.807, 2.05) is 24.3 Å². The number of nitrogens with one attached hydrogen (secondary N) is 2. The van der Waals surface area contributed by atoms with E-state index in [0.29, 0.717) is 13.1 Å². The lowest BCUT2D eigenvalue weighted by Crippen LogP contribution is -2.44. The van der Waals surface area contributed by atoms with Gasteiger partial charge in [0.2, 0.25) is 0 Å². The third-order valence-electron chi connectivity index (χ3n) is 5.55. The summed E-state index contributed by atoms with van der Waals surface area (Å²) in [4.78, 5) is 28.7. The van der Waals surface area contributed by atoms with Crippen molar-refractivity contribution in [3.63, 3.8) is 0 Å². The molecular formula is C24H32N4O3. The number of rotatable bonds is 8. The van der Waals surface area contributed by atoms with Crippen LogP contribution < -0.4 is 20.3 Å². The highest BCUT2D eigenvalue weighted by Gasteiger charge is 2.14. The molecule has 2 aromatic rings. The van der Waals surface area contributed by atoms with Crippen LogP contribution in [0.5, 0.6) is 5.75 Å². The molecule has 3 rings (SSSR count). The second-order valence-corrected chi connectivity index (χ2v) is 7.85. The molecule has 0 saturated carbocycles. The van der Waals surface area contributed by atoms with Crippen LogP contribution in [-0.2, 0) is 22.6 Å². The zero-order chi connectivity index (χ0) is 22.1. The lowest BCUT2D eigenvalue weighted by molar-refractivity contribution is -0.139. The van der Waals surface area contributed by atoms with Gasteiger partial charge in [-0.2, -0.15) is 0 Å². The number of hydrogen-bond donors (Lipinski definition) is 2. The molecule has 2 amide bonds. The molecule has 0 aliphatic carbocycles. The van der Waals surface area contributed by atoms with E-state index in [9.17, 15) is 9.59 Å². The number of nitrogens with zero attached hydrogens (tertiary/aromatic N) is 2. The van der Waals surface area contributed by atoms with E-state index in [1.165, 1.54) is 11.3 Å². The Morgan fingerprint density at radius 3 is 2.13 bits per heavy atom. The second-order valence-electron chi connectivity index (χ2n) is 7.85. The summed E-state index contributed by atoms with van der Waals surface area (Å²) in [6.07, 6.45) is 1.64. The Hall–Kier alpha value is -3.06. The van der Waals surface area contributed by atoms with E-state index < -0.39 is 11.8 Å². The van der Waals surface area contributed by atoms with Crippen molar-refractivity contribution in [3.05, 3.63) is 59.7 Å². The summed E-state index contributed by atoms with van der Waals surface area (Å²) < 4.78 is 5.10. The number of carbonyl (C=O) groups excluding carboxylic acids is 2. The minimum absolute atomic E-state index is 0.301. The van der Waals surface area contributed by atoms with Gasteiger partial charge in [-0.25, -0.2) is 0 Å². The fourth-order valence-electron chi connectivity index (χ4n) is 3.52. The highest BCUT2D eigenvalue weighted by Crippen LogP contribution is 2.17. The monoisotopic (exact) mass is 424 g/mol. The first kappa shape index (κ1) is 22.6. The minimum atomic E-state index is -0.618. The normalized spacial score (nSPS) is 14.2. The average molecular weight is 425 g/mol. The zero-order valence-corrected chi connectivity index (χ0v) is 18.4. The Morgan fingerprint density at radius 2 is 1.48 bits per heavy atom. The molecule has 1 saturated heterocycles. The van der Waals surface area contributed by atoms with Crippen molar-refractivity contribution in [2.45, 2.75) is 19.4 Å². The molecule has 1 aliphatic rings. The number of piperazine rings is 1. The van der Waals surface area contributed by atoms with Gasteiger partial charge in [0, 0.05) is 45.0 Å². The maximum absolute atomic E-state index is 12.0. The van der Waals surface area contributed by atoms with E-state index in [2.05, 4.69) is 51.7 Å². The van der Waals surface area contributed by atoms with Crippen LogP contribution in [0, 0.1) is 0 Å². The number of benzene rings is 2. The summed E-state index contributed by atoms with van der Waals surface area (Å²) in [5, 5.41) is 5.33. The molecular weight excluding hydrogens is 392 g/mol. The molecule has 31 heavy (non-hydrogen) atoms. The van der Waals surface area contributed by atoms with E-state index in [0.717, 1.165) is 50.3 Å². The van der Waals surface area contributed by atoms with E-state index in [-0.39, 0.29) is 0 Å². The van der Waals surface area contributed by atoms with E-state index in [4.69, 9.17) is 4.74 Å². The summed E-state index contributed by atoms with van der Waals surface area (Å²) >= 11 is 0. The van der Waals surface area contributed by atoms with Crippen LogP contribution in [0.25, 0.3) is 0 Å². The van der Waals surface area contributed by atoms with Gasteiger partial charge in [-0.05, 0) is 55.3 Å². The van der Waals surface area contributed by atoms with Crippen LogP contribution in [0.4, 0.5) is 5.69 Å². The molecule has 7 heteroatoms. The number of aryl methyl sites for hydroxylation is 1. The summed E-state index contributed by atoms with van der Waals surface area (Å²) in [5.41, 5.74) is 3.40. The molecule has 2 N–H and O–H groups in total. The summed E-state index contributed by atoms with van der Waals surface area (Å²) in [6.45, 7) is 5.07. The van der Waals surface area contributed by atoms with Crippen LogP contribution in [0.1, 0.15) is 17.5 Å². The standard InChI is InChI=1S/C24H32N4O3/c1-27-14-16-28(17-15-27)21-9-5-19(6-10-21)4-3-13-25-23(29)24(30)26-18-20-7-11-22(31-2)12-8-20/h5-12H,3-4,13-18H2,1-2H3,(H,25,29)(H,26,30). The molecule has 166 valence electrons. The highest BCUT2D eigenvalue weighted by atomic mass is 16.5. The molecule has 0 bridgehead atoms. The SMILES string of the molecule is COc1ccc(CNC(=O)C(=O)NCCCc2ccc(N3CCN(C)CC3)cc2)cc1. The maximum atomic E-state index is 12.0. The molecule has 0 radical (unpaired) electrons. The van der Waals surface area contributed by atoms with Crippen molar-refractivity contribution in [2.24, 2.45) is 0 Å². The average Bonchev–Trinajstić information content (AvgIpc) is 2.81. The molecule has 7 nitrogen and oxygen atoms in total. The molecule has 0 atom stereocenters. The predicted molar refractivity (Wildman–Crippen MR) is 122 cm³/mol. The van der Waals surface area contributed by atoms with Gasteiger partial charge in [-0.3, -0.25) is 9.59 Å². The van der Waals surface area contributed by atoms with Crippen LogP contribution in [-0.4, -0.2) is 63.6 Å². The van der Waals surface area contributed by atoms with E-state index in [1.54, 1.807) is 7.11 Å². The largest absolute Gasteiger partial charge is 0.497 e. The summed E-state index contributed by atoms with van der Waals surface area (Å²) in [6, 6.07) is 16.0. The van der Waals surface area contributed by atoms with Gasteiger partial charge in [-0.15, -0.1) is 0 Å². The lowest BCUT2D eigenvalue weighted by atomic mass is 10.1. The first-order chi connectivity index (χ1) is 15.0. The number of likely N-dealkylation sites (N-methyl/N-ethyl adjacent to an activating group) is 1. The lowest BCUT2D eigenvalue weighted by Gasteiger charge is -2.34. The maximum Gasteiger partial charge on any atom is 0.309 e. The first-order valence-corrected chi connectivity index (χ1v) is 10.8. The number of anilines is 1. The van der Waals surface area contributed by atoms with Crippen molar-refractivity contribution in [2.75, 3.05) is 51.8 Å². The molecule has 0 spiro atoms. The molecule has 2 aromatic carbocycles. The summed E-state index contributed by atoms with van der Waals surface area (Å²) in [5.74, 6) is -0.465. The van der Waals surface area contributed by atoms with Gasteiger partial charge < -0.3 is 25.2 Å². The molecule has 1 aliphatic heterocycles. The molecule has 1 fully saturated rings. The van der Waals surface area contributed by atoms with Gasteiger partial charge >= 0.3 is 11.8 Å². The number of methoxy groups -OCH3 is 1. The van der Waals surface area contributed by atoms with Gasteiger partial charge in [-0.1, -0.05) is 24.3 Å². The van der Waals surface area contributed by atoms with Crippen LogP contribution in [0.3, 0.4) is 0 Å². The van der Waals surface area contributed by atoms with Crippen molar-refractivity contribution in [3.8, 4) is 5.75 Å². The Labute approximate surface area is 184 Å². The van der Waals surface area contributed by atoms with Crippen molar-refractivity contribution in [1.82, 2.24) is 15.5 Å². The third kappa shape index (κ3) is 7.00. The van der Waals surface area contributed by atoms with Crippen molar-refractivity contribution >= 4 is 17.5 Å². The number of ether oxygens (including phenoxy) is 1. The quantitative estimate of drug-likeness (QED) is 0.500. The smallest absolute Gasteiger partial charge is 0.309 e. The summed E-state index contributed by atoms with van der Waals surface area (Å²) in [7, 11) is 3.76. The Balaban J connectivity index is 1.33. The number of amides is 2. The zero-order valence-electron chi connectivity index (χ0n) is 18.4. The van der Waals surface area contributed by atoms with Gasteiger partial charge in [0.05, 0.1) is 7.11 Å². The first-order valence-electron chi connectivity index (χ1n) is 10.8. The van der Waals surface area contributed by atoms with Crippen molar-refractivity contribution in [1.29, 1.82) is 0 Å². The van der Waals surface area contributed by atoms with Gasteiger partial charge in [0.15, 0.2) is 0 Å². The topological polar surface area (TPSA) is 73.9 Å². The third-order valence-corrected chi connectivity index (χ3v) is 5.55. The minimum Gasteiger partial charge on any atom is -0.497 e.